The van der Waals surface area contributed by atoms with Crippen LogP contribution in [0.15, 0.2) is 132 Å². The number of hydrogen-bond donors (Lipinski definition) is 0. The molecule has 0 radical (unpaired) electrons. The maximum absolute atomic E-state index is 6.34. The maximum Gasteiger partial charge on any atom is 0.162 e. The van der Waals surface area contributed by atoms with Crippen molar-refractivity contribution in [2.24, 2.45) is 0 Å². The van der Waals surface area contributed by atoms with Crippen molar-refractivity contribution < 1.29 is 23.4 Å². The molecule has 54 heavy (non-hydrogen) atoms. The van der Waals surface area contributed by atoms with Gasteiger partial charge < -0.3 is 23.4 Å². The molecule has 0 amide bonds. The van der Waals surface area contributed by atoms with Crippen LogP contribution in [0.25, 0.3) is 22.6 Å². The second-order valence-electron chi connectivity index (χ2n) is 13.7. The zero-order valence-electron chi connectivity index (χ0n) is 30.7. The lowest BCUT2D eigenvalue weighted by atomic mass is 9.86. The highest BCUT2D eigenvalue weighted by molar-refractivity contribution is 5.67. The molecule has 0 spiro atoms. The lowest BCUT2D eigenvalue weighted by Gasteiger charge is -2.22. The minimum absolute atomic E-state index is 0. The van der Waals surface area contributed by atoms with Gasteiger partial charge in [-0.2, -0.15) is 0 Å². The van der Waals surface area contributed by atoms with Gasteiger partial charge in [0.15, 0.2) is 23.0 Å². The van der Waals surface area contributed by atoms with E-state index in [-0.39, 0.29) is 19.4 Å². The molecule has 3 aromatic carbocycles. The first-order chi connectivity index (χ1) is 26.2. The number of methoxy groups -OCH3 is 2. The number of pyridine rings is 2. The summed E-state index contributed by atoms with van der Waals surface area (Å²) in [7, 11) is 3.38. The molecule has 0 aliphatic heterocycles. The number of aromatic nitrogens is 2. The Balaban J connectivity index is 0.000000182. The fourth-order valence-corrected chi connectivity index (χ4v) is 7.33. The molecular weight excluding hydrogens is 673 g/mol. The predicted octanol–water partition coefficient (Wildman–Crippen LogP) is 11.8. The van der Waals surface area contributed by atoms with Crippen molar-refractivity contribution in [3.05, 3.63) is 145 Å². The van der Waals surface area contributed by atoms with Crippen LogP contribution in [0.2, 0.25) is 0 Å². The average molecular weight is 725 g/mol. The third-order valence-electron chi connectivity index (χ3n) is 10.2. The Bertz CT molecular complexity index is 2000. The topological polar surface area (TPSA) is 75.8 Å². The fraction of sp³-hybridized carbons (Fsp3) is 0.319. The van der Waals surface area contributed by atoms with Crippen molar-refractivity contribution in [2.75, 3.05) is 14.2 Å². The molecule has 0 unspecified atom stereocenters. The van der Waals surface area contributed by atoms with Gasteiger partial charge in [0, 0.05) is 41.8 Å². The minimum atomic E-state index is 0. The first-order valence-corrected chi connectivity index (χ1v) is 18.8. The molecule has 1 atom stereocenters. The van der Waals surface area contributed by atoms with Gasteiger partial charge in [-0.3, -0.25) is 9.97 Å². The summed E-state index contributed by atoms with van der Waals surface area (Å²) in [6.07, 6.45) is 18.2. The molecule has 7 heteroatoms. The Morgan fingerprint density at radius 1 is 0.556 bits per heavy atom. The van der Waals surface area contributed by atoms with E-state index in [2.05, 4.69) is 64.6 Å². The van der Waals surface area contributed by atoms with E-state index in [1.165, 1.54) is 42.4 Å². The number of rotatable bonds is 12. The lowest BCUT2D eigenvalue weighted by Crippen LogP contribution is -2.12. The van der Waals surface area contributed by atoms with Crippen LogP contribution < -0.4 is 18.9 Å². The molecule has 2 fully saturated rings. The molecule has 2 aliphatic carbocycles. The van der Waals surface area contributed by atoms with Crippen LogP contribution in [0, 0.1) is 0 Å². The van der Waals surface area contributed by atoms with E-state index in [0.717, 1.165) is 77.7 Å². The third-order valence-corrected chi connectivity index (χ3v) is 10.2. The standard InChI is InChI=1S/C25H27NO2.C21H21NO3.CH4/c1-27-24-12-11-21(18-25(24)28-22-9-5-6-10-22)23(20-7-3-2-4-8-20)17-19-13-15-26-16-14-19;1-23-20-7-6-16(14-21(20)24-17-4-2-3-5-17)19-9-8-18(25-19)15-10-12-22-13-11-15;/h2-4,7-8,11-16,18,22-23H,5-6,9-10,17H2,1H3;6-14,17H,2-5H2,1H3;1H4/t23-;;/m1../s1. The summed E-state index contributed by atoms with van der Waals surface area (Å²) in [6, 6.07) is 35.0. The molecule has 0 bridgehead atoms. The quantitative estimate of drug-likeness (QED) is 0.124. The van der Waals surface area contributed by atoms with E-state index in [4.69, 9.17) is 23.4 Å². The highest BCUT2D eigenvalue weighted by atomic mass is 16.5. The lowest BCUT2D eigenvalue weighted by molar-refractivity contribution is 0.200. The number of hydrogen-bond acceptors (Lipinski definition) is 7. The summed E-state index contributed by atoms with van der Waals surface area (Å²) >= 11 is 0. The van der Waals surface area contributed by atoms with Gasteiger partial charge in [-0.1, -0.05) is 43.8 Å². The Hall–Kier alpha value is -5.56. The van der Waals surface area contributed by atoms with E-state index in [1.54, 1.807) is 26.6 Å². The first kappa shape index (κ1) is 38.2. The van der Waals surface area contributed by atoms with Gasteiger partial charge in [0.05, 0.1) is 26.4 Å². The molecule has 0 saturated heterocycles. The monoisotopic (exact) mass is 724 g/mol. The smallest absolute Gasteiger partial charge is 0.162 e. The fourth-order valence-electron chi connectivity index (χ4n) is 7.33. The van der Waals surface area contributed by atoms with Crippen molar-refractivity contribution >= 4 is 0 Å². The van der Waals surface area contributed by atoms with Gasteiger partial charge in [-0.15, -0.1) is 0 Å². The maximum atomic E-state index is 6.34. The Labute approximate surface area is 320 Å². The second-order valence-corrected chi connectivity index (χ2v) is 13.7. The van der Waals surface area contributed by atoms with Gasteiger partial charge in [-0.25, -0.2) is 0 Å². The summed E-state index contributed by atoms with van der Waals surface area (Å²) in [5.41, 5.74) is 5.82. The second kappa shape index (κ2) is 19.0. The molecule has 7 nitrogen and oxygen atoms in total. The van der Waals surface area contributed by atoms with Gasteiger partial charge in [0.1, 0.15) is 11.5 Å². The van der Waals surface area contributed by atoms with Crippen LogP contribution in [-0.4, -0.2) is 36.4 Å². The number of nitrogens with zero attached hydrogens (tertiary/aromatic N) is 2. The predicted molar refractivity (Wildman–Crippen MR) is 216 cm³/mol. The summed E-state index contributed by atoms with van der Waals surface area (Å²) in [5, 5.41) is 0. The molecule has 8 rings (SSSR count). The summed E-state index contributed by atoms with van der Waals surface area (Å²) < 4.78 is 29.6. The van der Waals surface area contributed by atoms with Crippen LogP contribution >= 0.6 is 0 Å². The highest BCUT2D eigenvalue weighted by Gasteiger charge is 2.22. The Morgan fingerprint density at radius 2 is 1.09 bits per heavy atom. The van der Waals surface area contributed by atoms with E-state index < -0.39 is 0 Å². The zero-order valence-corrected chi connectivity index (χ0v) is 30.7. The molecule has 280 valence electrons. The number of furan rings is 1. The molecule has 3 heterocycles. The summed E-state index contributed by atoms with van der Waals surface area (Å²) in [4.78, 5) is 8.20. The van der Waals surface area contributed by atoms with Crippen molar-refractivity contribution in [2.45, 2.75) is 83.3 Å². The van der Waals surface area contributed by atoms with Crippen LogP contribution in [0.1, 0.15) is 81.4 Å². The van der Waals surface area contributed by atoms with Crippen LogP contribution in [0.3, 0.4) is 0 Å². The summed E-state index contributed by atoms with van der Waals surface area (Å²) in [5.74, 6) is 5.11. The molecule has 2 saturated carbocycles. The number of ether oxygens (including phenoxy) is 4. The molecular formula is C47H52N2O5. The molecule has 3 aromatic heterocycles. The third kappa shape index (κ3) is 9.70. The van der Waals surface area contributed by atoms with E-state index in [1.807, 2.05) is 60.9 Å². The Kier molecular flexibility index (Phi) is 13.4. The SMILES string of the molecule is C.COc1ccc(-c2ccc(-c3ccncc3)o2)cc1OC1CCCC1.COc1ccc([C@H](Cc2ccncc2)c2ccccc2)cc1OC1CCCC1. The van der Waals surface area contributed by atoms with Gasteiger partial charge >= 0.3 is 0 Å². The van der Waals surface area contributed by atoms with Gasteiger partial charge in [-0.05, 0) is 141 Å². The van der Waals surface area contributed by atoms with Gasteiger partial charge in [0.2, 0.25) is 0 Å². The van der Waals surface area contributed by atoms with Crippen LogP contribution in [0.5, 0.6) is 23.0 Å². The normalized spacial score (nSPS) is 14.7. The average Bonchev–Trinajstić information content (AvgIpc) is 4.03. The molecule has 2 aliphatic rings. The summed E-state index contributed by atoms with van der Waals surface area (Å²) in [6.45, 7) is 0. The van der Waals surface area contributed by atoms with Gasteiger partial charge in [0.25, 0.3) is 0 Å². The van der Waals surface area contributed by atoms with E-state index in [0.29, 0.717) is 6.10 Å². The van der Waals surface area contributed by atoms with Crippen LogP contribution in [-0.2, 0) is 6.42 Å². The Morgan fingerprint density at radius 3 is 1.69 bits per heavy atom. The van der Waals surface area contributed by atoms with E-state index in [9.17, 15) is 0 Å². The molecule has 6 aromatic rings. The molecule has 0 N–H and O–H groups in total. The van der Waals surface area contributed by atoms with Crippen molar-refractivity contribution in [1.29, 1.82) is 0 Å². The number of benzene rings is 3. The largest absolute Gasteiger partial charge is 0.493 e. The van der Waals surface area contributed by atoms with Crippen molar-refractivity contribution in [3.8, 4) is 45.6 Å². The van der Waals surface area contributed by atoms with Crippen molar-refractivity contribution in [1.82, 2.24) is 9.97 Å². The minimum Gasteiger partial charge on any atom is -0.493 e. The van der Waals surface area contributed by atoms with E-state index >= 15 is 0 Å². The highest BCUT2D eigenvalue weighted by Crippen LogP contribution is 2.39. The zero-order chi connectivity index (χ0) is 36.2. The van der Waals surface area contributed by atoms with Crippen molar-refractivity contribution in [3.63, 3.8) is 0 Å². The van der Waals surface area contributed by atoms with Crippen LogP contribution in [0.4, 0.5) is 0 Å². The first-order valence-electron chi connectivity index (χ1n) is 18.8.